The highest BCUT2D eigenvalue weighted by atomic mass is 35.5. The lowest BCUT2D eigenvalue weighted by molar-refractivity contribution is -0.136. The van der Waals surface area contributed by atoms with Gasteiger partial charge in [0.15, 0.2) is 6.61 Å². The first-order chi connectivity index (χ1) is 9.23. The van der Waals surface area contributed by atoms with Gasteiger partial charge >= 0.3 is 0 Å². The summed E-state index contributed by atoms with van der Waals surface area (Å²) in [7, 11) is 0. The summed E-state index contributed by atoms with van der Waals surface area (Å²) in [4.78, 5) is 13.5. The van der Waals surface area contributed by atoms with Crippen molar-refractivity contribution in [2.24, 2.45) is 0 Å². The maximum atomic E-state index is 12.9. The van der Waals surface area contributed by atoms with Crippen LogP contribution in [0.25, 0.3) is 0 Å². The summed E-state index contributed by atoms with van der Waals surface area (Å²) >= 11 is 5.80. The summed E-state index contributed by atoms with van der Waals surface area (Å²) in [5, 5.41) is 9.84. The second kappa shape index (κ2) is 6.90. The molecule has 0 aliphatic carbocycles. The molecule has 4 nitrogen and oxygen atoms in total. The average Bonchev–Trinajstić information content (AvgIpc) is 2.33. The first-order valence-electron chi connectivity index (χ1n) is 6.31. The second-order valence-corrected chi connectivity index (χ2v) is 5.49. The fraction of sp³-hybridized carbons (Fsp3) is 0.500. The van der Waals surface area contributed by atoms with Crippen LogP contribution in [-0.4, -0.2) is 41.2 Å². The molecule has 0 fully saturated rings. The van der Waals surface area contributed by atoms with Crippen molar-refractivity contribution in [1.82, 2.24) is 4.90 Å². The molecular formula is C14H19ClFNO3. The number of ether oxygens (including phenoxy) is 1. The first-order valence-corrected chi connectivity index (χ1v) is 6.68. The summed E-state index contributed by atoms with van der Waals surface area (Å²) in [6, 6.07) is 3.70. The number of aliphatic hydroxyl groups is 1. The Balaban J connectivity index is 2.61. The van der Waals surface area contributed by atoms with E-state index in [2.05, 4.69) is 0 Å². The molecule has 6 heteroatoms. The lowest BCUT2D eigenvalue weighted by Gasteiger charge is -2.28. The molecule has 0 radical (unpaired) electrons. The quantitative estimate of drug-likeness (QED) is 0.878. The van der Waals surface area contributed by atoms with Crippen molar-refractivity contribution in [2.45, 2.75) is 26.4 Å². The van der Waals surface area contributed by atoms with Crippen molar-refractivity contribution in [2.75, 3.05) is 19.7 Å². The molecule has 112 valence electrons. The standard InChI is InChI=1S/C14H19ClFNO3/c1-4-17(9-14(2,3)19)13(18)8-20-12-6-5-10(16)7-11(12)15/h5-7,19H,4,8-9H2,1-3H3. The van der Waals surface area contributed by atoms with Crippen LogP contribution >= 0.6 is 11.6 Å². The van der Waals surface area contributed by atoms with E-state index in [4.69, 9.17) is 16.3 Å². The third-order valence-electron chi connectivity index (χ3n) is 2.56. The van der Waals surface area contributed by atoms with Gasteiger partial charge in [0, 0.05) is 13.1 Å². The van der Waals surface area contributed by atoms with Gasteiger partial charge in [0.1, 0.15) is 11.6 Å². The first kappa shape index (κ1) is 16.7. The lowest BCUT2D eigenvalue weighted by Crippen LogP contribution is -2.44. The molecule has 0 aromatic heterocycles. The number of benzene rings is 1. The average molecular weight is 304 g/mol. The van der Waals surface area contributed by atoms with E-state index < -0.39 is 11.4 Å². The number of hydrogen-bond donors (Lipinski definition) is 1. The van der Waals surface area contributed by atoms with Crippen LogP contribution < -0.4 is 4.74 Å². The number of nitrogens with zero attached hydrogens (tertiary/aromatic N) is 1. The Kier molecular flexibility index (Phi) is 5.77. The van der Waals surface area contributed by atoms with Gasteiger partial charge in [0.05, 0.1) is 10.6 Å². The molecule has 0 atom stereocenters. The summed E-state index contributed by atoms with van der Waals surface area (Å²) in [6.07, 6.45) is 0. The minimum atomic E-state index is -0.973. The molecule has 0 unspecified atom stereocenters. The normalized spacial score (nSPS) is 11.3. The van der Waals surface area contributed by atoms with E-state index in [1.165, 1.54) is 17.0 Å². The van der Waals surface area contributed by atoms with Gasteiger partial charge in [-0.1, -0.05) is 11.6 Å². The van der Waals surface area contributed by atoms with Gasteiger partial charge in [-0.15, -0.1) is 0 Å². The molecule has 1 aromatic carbocycles. The third-order valence-corrected chi connectivity index (χ3v) is 2.85. The van der Waals surface area contributed by atoms with Crippen LogP contribution in [0.4, 0.5) is 4.39 Å². The van der Waals surface area contributed by atoms with E-state index in [1.54, 1.807) is 13.8 Å². The van der Waals surface area contributed by atoms with Crippen molar-refractivity contribution >= 4 is 17.5 Å². The van der Waals surface area contributed by atoms with Gasteiger partial charge in [-0.2, -0.15) is 0 Å². The molecule has 0 aliphatic rings. The molecule has 20 heavy (non-hydrogen) atoms. The van der Waals surface area contributed by atoms with E-state index in [1.807, 2.05) is 6.92 Å². The number of carbonyl (C=O) groups is 1. The van der Waals surface area contributed by atoms with E-state index in [-0.39, 0.29) is 29.8 Å². The zero-order valence-corrected chi connectivity index (χ0v) is 12.6. The Morgan fingerprint density at radius 1 is 1.50 bits per heavy atom. The summed E-state index contributed by atoms with van der Waals surface area (Å²) in [5.74, 6) is -0.485. The molecule has 0 bridgehead atoms. The van der Waals surface area contributed by atoms with Crippen molar-refractivity contribution in [1.29, 1.82) is 0 Å². The van der Waals surface area contributed by atoms with E-state index in [9.17, 15) is 14.3 Å². The predicted molar refractivity (Wildman–Crippen MR) is 75.5 cm³/mol. The molecule has 0 spiro atoms. The number of rotatable bonds is 6. The Hall–Kier alpha value is -1.33. The summed E-state index contributed by atoms with van der Waals surface area (Å²) < 4.78 is 18.2. The minimum Gasteiger partial charge on any atom is -0.482 e. The highest BCUT2D eigenvalue weighted by Crippen LogP contribution is 2.24. The summed E-state index contributed by atoms with van der Waals surface area (Å²) in [6.45, 7) is 5.53. The van der Waals surface area contributed by atoms with Crippen LogP contribution in [0.5, 0.6) is 5.75 Å². The van der Waals surface area contributed by atoms with Crippen LogP contribution in [0.3, 0.4) is 0 Å². The fourth-order valence-corrected chi connectivity index (χ4v) is 1.89. The monoisotopic (exact) mass is 303 g/mol. The topological polar surface area (TPSA) is 49.8 Å². The number of hydrogen-bond acceptors (Lipinski definition) is 3. The molecule has 1 amide bonds. The SMILES string of the molecule is CCN(CC(C)(C)O)C(=O)COc1ccc(F)cc1Cl. The van der Waals surface area contributed by atoms with Crippen molar-refractivity contribution < 1.29 is 19.0 Å². The fourth-order valence-electron chi connectivity index (χ4n) is 1.67. The number of halogens is 2. The van der Waals surface area contributed by atoms with Gasteiger partial charge < -0.3 is 14.7 Å². The smallest absolute Gasteiger partial charge is 0.260 e. The number of carbonyl (C=O) groups excluding carboxylic acids is 1. The van der Waals surface area contributed by atoms with Gasteiger partial charge in [0.25, 0.3) is 5.91 Å². The van der Waals surface area contributed by atoms with Crippen molar-refractivity contribution in [3.8, 4) is 5.75 Å². The zero-order chi connectivity index (χ0) is 15.3. The number of likely N-dealkylation sites (N-methyl/N-ethyl adjacent to an activating group) is 1. The van der Waals surface area contributed by atoms with Crippen LogP contribution in [0.1, 0.15) is 20.8 Å². The molecule has 0 saturated heterocycles. The Morgan fingerprint density at radius 3 is 2.65 bits per heavy atom. The second-order valence-electron chi connectivity index (χ2n) is 5.08. The molecular weight excluding hydrogens is 285 g/mol. The highest BCUT2D eigenvalue weighted by Gasteiger charge is 2.21. The van der Waals surface area contributed by atoms with Crippen LogP contribution in [-0.2, 0) is 4.79 Å². The maximum Gasteiger partial charge on any atom is 0.260 e. The van der Waals surface area contributed by atoms with Gasteiger partial charge in [-0.3, -0.25) is 4.79 Å². The molecule has 0 saturated carbocycles. The Bertz CT molecular complexity index is 474. The molecule has 0 aliphatic heterocycles. The van der Waals surface area contributed by atoms with Gasteiger partial charge in [0.2, 0.25) is 0 Å². The minimum absolute atomic E-state index is 0.114. The largest absolute Gasteiger partial charge is 0.482 e. The van der Waals surface area contributed by atoms with Crippen LogP contribution in [0, 0.1) is 5.82 Å². The molecule has 1 N–H and O–H groups in total. The van der Waals surface area contributed by atoms with Crippen LogP contribution in [0.15, 0.2) is 18.2 Å². The van der Waals surface area contributed by atoms with E-state index >= 15 is 0 Å². The summed E-state index contributed by atoms with van der Waals surface area (Å²) in [5.41, 5.74) is -0.973. The highest BCUT2D eigenvalue weighted by molar-refractivity contribution is 6.32. The lowest BCUT2D eigenvalue weighted by atomic mass is 10.1. The zero-order valence-electron chi connectivity index (χ0n) is 11.8. The van der Waals surface area contributed by atoms with Gasteiger partial charge in [-0.05, 0) is 39.0 Å². The van der Waals surface area contributed by atoms with Crippen molar-refractivity contribution in [3.05, 3.63) is 29.0 Å². The van der Waals surface area contributed by atoms with Crippen molar-refractivity contribution in [3.63, 3.8) is 0 Å². The van der Waals surface area contributed by atoms with E-state index in [0.717, 1.165) is 6.07 Å². The molecule has 1 aromatic rings. The van der Waals surface area contributed by atoms with E-state index in [0.29, 0.717) is 6.54 Å². The van der Waals surface area contributed by atoms with Gasteiger partial charge in [-0.25, -0.2) is 4.39 Å². The molecule has 0 heterocycles. The maximum absolute atomic E-state index is 12.9. The number of amides is 1. The Labute approximate surface area is 123 Å². The molecule has 1 rings (SSSR count). The van der Waals surface area contributed by atoms with Crippen LogP contribution in [0.2, 0.25) is 5.02 Å². The third kappa shape index (κ3) is 5.35. The Morgan fingerprint density at radius 2 is 2.15 bits per heavy atom. The predicted octanol–water partition coefficient (Wildman–Crippen LogP) is 2.48.